The predicted octanol–water partition coefficient (Wildman–Crippen LogP) is 1.28. The molecule has 0 fully saturated rings. The average Bonchev–Trinajstić information content (AvgIpc) is 2.83. The van der Waals surface area contributed by atoms with Crippen molar-refractivity contribution in [1.82, 2.24) is 9.78 Å². The number of nitrogens with zero attached hydrogens (tertiary/aromatic N) is 2. The van der Waals surface area contributed by atoms with Crippen LogP contribution in [0.2, 0.25) is 0 Å². The monoisotopic (exact) mass is 262 g/mol. The van der Waals surface area contributed by atoms with E-state index in [4.69, 9.17) is 14.9 Å². The number of aromatic nitrogens is 2. The Morgan fingerprint density at radius 2 is 1.89 bits per heavy atom. The zero-order valence-electron chi connectivity index (χ0n) is 9.90. The molecule has 2 rings (SSSR count). The zero-order valence-corrected chi connectivity index (χ0v) is 9.90. The van der Waals surface area contributed by atoms with Crippen LogP contribution in [-0.4, -0.2) is 39.0 Å². The van der Waals surface area contributed by atoms with Crippen LogP contribution in [0.25, 0.3) is 5.69 Å². The predicted molar refractivity (Wildman–Crippen MR) is 64.0 cm³/mol. The fourth-order valence-corrected chi connectivity index (χ4v) is 1.63. The molecule has 2 N–H and O–H groups in total. The van der Waals surface area contributed by atoms with Gasteiger partial charge in [0, 0.05) is 6.07 Å². The molecule has 1 aromatic carbocycles. The standard InChI is InChI=1S/C12H10N2O5/c1-19-10-5-3-2-4-8(10)14-9(12(17)18)6-7(13-14)11(15)16/h2-6H,1H3,(H,15,16)(H,17,18). The smallest absolute Gasteiger partial charge is 0.356 e. The lowest BCUT2D eigenvalue weighted by molar-refractivity contribution is 0.0679. The van der Waals surface area contributed by atoms with Crippen molar-refractivity contribution in [3.8, 4) is 11.4 Å². The van der Waals surface area contributed by atoms with Gasteiger partial charge in [0.1, 0.15) is 11.4 Å². The van der Waals surface area contributed by atoms with E-state index in [1.807, 2.05) is 0 Å². The third-order valence-corrected chi connectivity index (χ3v) is 2.46. The van der Waals surface area contributed by atoms with Gasteiger partial charge in [0.05, 0.1) is 7.11 Å². The highest BCUT2D eigenvalue weighted by molar-refractivity contribution is 5.92. The van der Waals surface area contributed by atoms with Crippen molar-refractivity contribution < 1.29 is 24.5 Å². The summed E-state index contributed by atoms with van der Waals surface area (Å²) in [6.45, 7) is 0. The van der Waals surface area contributed by atoms with Crippen LogP contribution in [0.5, 0.6) is 5.75 Å². The van der Waals surface area contributed by atoms with Gasteiger partial charge in [-0.25, -0.2) is 14.3 Å². The number of hydrogen-bond acceptors (Lipinski definition) is 4. The van der Waals surface area contributed by atoms with Crippen molar-refractivity contribution in [1.29, 1.82) is 0 Å². The molecule has 0 atom stereocenters. The number of ether oxygens (including phenoxy) is 1. The molecule has 0 saturated carbocycles. The topological polar surface area (TPSA) is 102 Å². The van der Waals surface area contributed by atoms with Crippen LogP contribution in [0.4, 0.5) is 0 Å². The lowest BCUT2D eigenvalue weighted by Crippen LogP contribution is -2.09. The van der Waals surface area contributed by atoms with Crippen LogP contribution in [-0.2, 0) is 0 Å². The van der Waals surface area contributed by atoms with Crippen molar-refractivity contribution in [3.05, 3.63) is 41.7 Å². The third kappa shape index (κ3) is 2.25. The highest BCUT2D eigenvalue weighted by Gasteiger charge is 2.20. The van der Waals surface area contributed by atoms with Crippen LogP contribution in [0.3, 0.4) is 0 Å². The van der Waals surface area contributed by atoms with Crippen LogP contribution in [0.15, 0.2) is 30.3 Å². The van der Waals surface area contributed by atoms with E-state index in [-0.39, 0.29) is 11.4 Å². The van der Waals surface area contributed by atoms with E-state index < -0.39 is 11.9 Å². The molecule has 0 unspecified atom stereocenters. The van der Waals surface area contributed by atoms with E-state index in [9.17, 15) is 9.59 Å². The lowest BCUT2D eigenvalue weighted by atomic mass is 10.3. The van der Waals surface area contributed by atoms with Gasteiger partial charge in [-0.05, 0) is 12.1 Å². The number of carboxylic acid groups (broad SMARTS) is 2. The maximum atomic E-state index is 11.1. The minimum Gasteiger partial charge on any atom is -0.494 e. The molecule has 0 aliphatic carbocycles. The molecule has 0 bridgehead atoms. The van der Waals surface area contributed by atoms with Gasteiger partial charge in [-0.1, -0.05) is 12.1 Å². The second-order valence-corrected chi connectivity index (χ2v) is 3.61. The molecule has 7 heteroatoms. The second-order valence-electron chi connectivity index (χ2n) is 3.61. The van der Waals surface area contributed by atoms with E-state index >= 15 is 0 Å². The van der Waals surface area contributed by atoms with E-state index in [0.29, 0.717) is 11.4 Å². The van der Waals surface area contributed by atoms with Crippen molar-refractivity contribution >= 4 is 11.9 Å². The quantitative estimate of drug-likeness (QED) is 0.860. The van der Waals surface area contributed by atoms with Gasteiger partial charge in [-0.3, -0.25) is 0 Å². The van der Waals surface area contributed by atoms with Crippen LogP contribution < -0.4 is 4.74 Å². The van der Waals surface area contributed by atoms with E-state index in [1.54, 1.807) is 24.3 Å². The van der Waals surface area contributed by atoms with Crippen molar-refractivity contribution in [2.45, 2.75) is 0 Å². The Labute approximate surface area is 107 Å². The molecule has 1 heterocycles. The largest absolute Gasteiger partial charge is 0.494 e. The molecular formula is C12H10N2O5. The van der Waals surface area contributed by atoms with Crippen LogP contribution in [0, 0.1) is 0 Å². The van der Waals surface area contributed by atoms with Crippen LogP contribution >= 0.6 is 0 Å². The van der Waals surface area contributed by atoms with Gasteiger partial charge < -0.3 is 14.9 Å². The minimum absolute atomic E-state index is 0.248. The lowest BCUT2D eigenvalue weighted by Gasteiger charge is -2.09. The summed E-state index contributed by atoms with van der Waals surface area (Å²) >= 11 is 0. The van der Waals surface area contributed by atoms with E-state index in [1.165, 1.54) is 7.11 Å². The Morgan fingerprint density at radius 1 is 1.21 bits per heavy atom. The first-order valence-electron chi connectivity index (χ1n) is 5.24. The molecule has 0 amide bonds. The maximum absolute atomic E-state index is 11.1. The number of carboxylic acids is 2. The number of carbonyl (C=O) groups is 2. The first-order valence-corrected chi connectivity index (χ1v) is 5.24. The molecule has 98 valence electrons. The Hall–Kier alpha value is -2.83. The summed E-state index contributed by atoms with van der Waals surface area (Å²) in [6.07, 6.45) is 0. The second kappa shape index (κ2) is 4.81. The summed E-state index contributed by atoms with van der Waals surface area (Å²) in [7, 11) is 1.43. The summed E-state index contributed by atoms with van der Waals surface area (Å²) in [4.78, 5) is 22.0. The van der Waals surface area contributed by atoms with E-state index in [2.05, 4.69) is 5.10 Å². The normalized spacial score (nSPS) is 10.2. The molecule has 7 nitrogen and oxygen atoms in total. The minimum atomic E-state index is -1.30. The number of hydrogen-bond donors (Lipinski definition) is 2. The number of aromatic carboxylic acids is 2. The molecule has 0 aliphatic rings. The summed E-state index contributed by atoms with van der Waals surface area (Å²) < 4.78 is 6.14. The molecule has 2 aromatic rings. The number of rotatable bonds is 4. The molecule has 0 spiro atoms. The van der Waals surface area contributed by atoms with Gasteiger partial charge in [0.2, 0.25) is 0 Å². The summed E-state index contributed by atoms with van der Waals surface area (Å²) in [5, 5.41) is 21.7. The first-order chi connectivity index (χ1) is 9.04. The summed E-state index contributed by atoms with van der Waals surface area (Å²) in [5.74, 6) is -2.17. The van der Waals surface area contributed by atoms with Gasteiger partial charge >= 0.3 is 11.9 Å². The SMILES string of the molecule is COc1ccccc1-n1nc(C(=O)O)cc1C(=O)O. The van der Waals surface area contributed by atoms with Gasteiger partial charge in [0.15, 0.2) is 11.4 Å². The van der Waals surface area contributed by atoms with Crippen molar-refractivity contribution in [3.63, 3.8) is 0 Å². The average molecular weight is 262 g/mol. The first kappa shape index (κ1) is 12.6. The van der Waals surface area contributed by atoms with Crippen LogP contribution in [0.1, 0.15) is 21.0 Å². The highest BCUT2D eigenvalue weighted by Crippen LogP contribution is 2.23. The Morgan fingerprint density at radius 3 is 2.47 bits per heavy atom. The summed E-state index contributed by atoms with van der Waals surface area (Å²) in [6, 6.07) is 7.60. The number of para-hydroxylation sites is 2. The molecule has 1 aromatic heterocycles. The Balaban J connectivity index is 2.66. The Bertz CT molecular complexity index is 647. The van der Waals surface area contributed by atoms with Gasteiger partial charge in [-0.15, -0.1) is 0 Å². The molecule has 19 heavy (non-hydrogen) atoms. The summed E-state index contributed by atoms with van der Waals surface area (Å²) in [5.41, 5.74) is -0.236. The van der Waals surface area contributed by atoms with Crippen molar-refractivity contribution in [2.24, 2.45) is 0 Å². The van der Waals surface area contributed by atoms with Gasteiger partial charge in [0.25, 0.3) is 0 Å². The zero-order chi connectivity index (χ0) is 14.0. The van der Waals surface area contributed by atoms with E-state index in [0.717, 1.165) is 10.7 Å². The molecule has 0 saturated heterocycles. The Kier molecular flexibility index (Phi) is 3.19. The molecule has 0 radical (unpaired) electrons. The molecular weight excluding hydrogens is 252 g/mol. The third-order valence-electron chi connectivity index (χ3n) is 2.46. The molecule has 0 aliphatic heterocycles. The van der Waals surface area contributed by atoms with Crippen molar-refractivity contribution in [2.75, 3.05) is 7.11 Å². The highest BCUT2D eigenvalue weighted by atomic mass is 16.5. The number of methoxy groups -OCH3 is 1. The number of benzene rings is 1. The fourth-order valence-electron chi connectivity index (χ4n) is 1.63. The fraction of sp³-hybridized carbons (Fsp3) is 0.0833. The maximum Gasteiger partial charge on any atom is 0.356 e. The van der Waals surface area contributed by atoms with Gasteiger partial charge in [-0.2, -0.15) is 5.10 Å².